The summed E-state index contributed by atoms with van der Waals surface area (Å²) in [6.45, 7) is 2.31. The maximum absolute atomic E-state index is 11.4. The molecule has 0 spiro atoms. The average molecular weight is 265 g/mol. The Labute approximate surface area is 114 Å². The van der Waals surface area contributed by atoms with E-state index < -0.39 is 5.97 Å². The smallest absolute Gasteiger partial charge is 0.373 e. The second-order valence-corrected chi connectivity index (χ2v) is 5.48. The van der Waals surface area contributed by atoms with E-state index in [-0.39, 0.29) is 11.8 Å². The fourth-order valence-electron chi connectivity index (χ4n) is 2.96. The molecule has 1 aromatic rings. The van der Waals surface area contributed by atoms with Crippen LogP contribution in [-0.2, 0) is 4.74 Å². The van der Waals surface area contributed by atoms with Crippen molar-refractivity contribution in [2.24, 2.45) is 11.8 Å². The van der Waals surface area contributed by atoms with E-state index in [1.54, 1.807) is 6.07 Å². The number of furan rings is 1. The van der Waals surface area contributed by atoms with Crippen molar-refractivity contribution in [2.45, 2.75) is 38.6 Å². The first-order valence-corrected chi connectivity index (χ1v) is 7.01. The van der Waals surface area contributed by atoms with Crippen molar-refractivity contribution >= 4 is 5.97 Å². The highest BCUT2D eigenvalue weighted by atomic mass is 16.5. The quantitative estimate of drug-likeness (QED) is 0.850. The summed E-state index contributed by atoms with van der Waals surface area (Å²) in [6.07, 6.45) is 4.96. The summed E-state index contributed by atoms with van der Waals surface area (Å²) in [4.78, 5) is 11.4. The molecular formula is C15H23NO3. The zero-order valence-electron chi connectivity index (χ0n) is 11.9. The molecule has 1 aliphatic rings. The molecule has 0 bridgehead atoms. The Morgan fingerprint density at radius 3 is 2.63 bits per heavy atom. The molecule has 0 amide bonds. The number of carbonyl (C=O) groups excluding carboxylic acids is 1. The first-order valence-electron chi connectivity index (χ1n) is 7.01. The van der Waals surface area contributed by atoms with Crippen molar-refractivity contribution < 1.29 is 13.9 Å². The Morgan fingerprint density at radius 2 is 2.05 bits per heavy atom. The third-order valence-corrected chi connectivity index (χ3v) is 4.16. The minimum Gasteiger partial charge on any atom is -0.463 e. The SMILES string of the molecule is CNC(c1ccc(C(=O)OC)o1)C1CCC(C)CC1. The van der Waals surface area contributed by atoms with Gasteiger partial charge in [-0.1, -0.05) is 19.8 Å². The number of nitrogens with one attached hydrogen (secondary N) is 1. The van der Waals surface area contributed by atoms with E-state index in [0.717, 1.165) is 11.7 Å². The summed E-state index contributed by atoms with van der Waals surface area (Å²) < 4.78 is 10.3. The van der Waals surface area contributed by atoms with Gasteiger partial charge in [-0.15, -0.1) is 0 Å². The van der Waals surface area contributed by atoms with E-state index in [4.69, 9.17) is 4.42 Å². The molecule has 1 aliphatic carbocycles. The van der Waals surface area contributed by atoms with Gasteiger partial charge in [0.2, 0.25) is 5.76 Å². The van der Waals surface area contributed by atoms with Gasteiger partial charge in [-0.05, 0) is 43.9 Å². The first kappa shape index (κ1) is 14.1. The molecule has 2 rings (SSSR count). The van der Waals surface area contributed by atoms with Crippen molar-refractivity contribution in [3.8, 4) is 0 Å². The fourth-order valence-corrected chi connectivity index (χ4v) is 2.96. The second-order valence-electron chi connectivity index (χ2n) is 5.48. The summed E-state index contributed by atoms with van der Waals surface area (Å²) in [5, 5.41) is 3.33. The molecule has 0 saturated heterocycles. The van der Waals surface area contributed by atoms with Crippen molar-refractivity contribution in [3.05, 3.63) is 23.7 Å². The topological polar surface area (TPSA) is 51.5 Å². The molecule has 0 aromatic carbocycles. The highest BCUT2D eigenvalue weighted by Crippen LogP contribution is 2.37. The lowest BCUT2D eigenvalue weighted by Gasteiger charge is -2.31. The van der Waals surface area contributed by atoms with Crippen LogP contribution in [0, 0.1) is 11.8 Å². The molecule has 1 atom stereocenters. The van der Waals surface area contributed by atoms with Crippen LogP contribution in [0.4, 0.5) is 0 Å². The van der Waals surface area contributed by atoms with Gasteiger partial charge in [0.1, 0.15) is 5.76 Å². The van der Waals surface area contributed by atoms with Crippen LogP contribution in [-0.4, -0.2) is 20.1 Å². The van der Waals surface area contributed by atoms with Gasteiger partial charge in [-0.3, -0.25) is 0 Å². The second kappa shape index (κ2) is 6.24. The van der Waals surface area contributed by atoms with Gasteiger partial charge in [-0.25, -0.2) is 4.79 Å². The minimum atomic E-state index is -0.418. The summed E-state index contributed by atoms with van der Waals surface area (Å²) in [6, 6.07) is 3.76. The Hall–Kier alpha value is -1.29. The summed E-state index contributed by atoms with van der Waals surface area (Å²) in [5.41, 5.74) is 0. The Balaban J connectivity index is 2.09. The lowest BCUT2D eigenvalue weighted by molar-refractivity contribution is 0.0560. The number of hydrogen-bond acceptors (Lipinski definition) is 4. The highest BCUT2D eigenvalue weighted by molar-refractivity contribution is 5.86. The van der Waals surface area contributed by atoms with Crippen LogP contribution in [0.25, 0.3) is 0 Å². The molecule has 106 valence electrons. The molecular weight excluding hydrogens is 242 g/mol. The normalized spacial score (nSPS) is 25.0. The lowest BCUT2D eigenvalue weighted by Crippen LogP contribution is -2.28. The number of esters is 1. The molecule has 1 aromatic heterocycles. The van der Waals surface area contributed by atoms with Crippen molar-refractivity contribution in [3.63, 3.8) is 0 Å². The summed E-state index contributed by atoms with van der Waals surface area (Å²) in [7, 11) is 3.31. The predicted molar refractivity (Wildman–Crippen MR) is 73.0 cm³/mol. The van der Waals surface area contributed by atoms with Crippen molar-refractivity contribution in [1.29, 1.82) is 0 Å². The van der Waals surface area contributed by atoms with Gasteiger partial charge in [0.15, 0.2) is 0 Å². The minimum absolute atomic E-state index is 0.186. The van der Waals surface area contributed by atoms with E-state index in [0.29, 0.717) is 5.92 Å². The number of rotatable bonds is 4. The fraction of sp³-hybridized carbons (Fsp3) is 0.667. The van der Waals surface area contributed by atoms with E-state index in [2.05, 4.69) is 17.0 Å². The van der Waals surface area contributed by atoms with Gasteiger partial charge >= 0.3 is 5.97 Å². The molecule has 1 unspecified atom stereocenters. The average Bonchev–Trinajstić information content (AvgIpc) is 2.90. The summed E-state index contributed by atoms with van der Waals surface area (Å²) in [5.74, 6) is 2.11. The molecule has 4 nitrogen and oxygen atoms in total. The number of carbonyl (C=O) groups is 1. The molecule has 1 saturated carbocycles. The standard InChI is InChI=1S/C15H23NO3/c1-10-4-6-11(7-5-10)14(16-2)12-8-9-13(19-12)15(17)18-3/h8-11,14,16H,4-7H2,1-3H3. The molecule has 4 heteroatoms. The number of hydrogen-bond donors (Lipinski definition) is 1. The van der Waals surface area contributed by atoms with Crippen LogP contribution in [0.2, 0.25) is 0 Å². The van der Waals surface area contributed by atoms with Crippen LogP contribution in [0.1, 0.15) is 55.0 Å². The Kier molecular flexibility index (Phi) is 4.64. The molecule has 0 radical (unpaired) electrons. The zero-order chi connectivity index (χ0) is 13.8. The zero-order valence-corrected chi connectivity index (χ0v) is 11.9. The maximum Gasteiger partial charge on any atom is 0.373 e. The van der Waals surface area contributed by atoms with Gasteiger partial charge in [0.25, 0.3) is 0 Å². The van der Waals surface area contributed by atoms with E-state index in [1.165, 1.54) is 32.8 Å². The molecule has 19 heavy (non-hydrogen) atoms. The van der Waals surface area contributed by atoms with E-state index >= 15 is 0 Å². The first-order chi connectivity index (χ1) is 9.15. The predicted octanol–water partition coefficient (Wildman–Crippen LogP) is 3.15. The third-order valence-electron chi connectivity index (χ3n) is 4.16. The van der Waals surface area contributed by atoms with Gasteiger partial charge in [-0.2, -0.15) is 0 Å². The molecule has 1 heterocycles. The van der Waals surface area contributed by atoms with E-state index in [9.17, 15) is 4.79 Å². The highest BCUT2D eigenvalue weighted by Gasteiger charge is 2.28. The Morgan fingerprint density at radius 1 is 1.37 bits per heavy atom. The van der Waals surface area contributed by atoms with Crippen LogP contribution in [0.5, 0.6) is 0 Å². The van der Waals surface area contributed by atoms with Crippen LogP contribution >= 0.6 is 0 Å². The third kappa shape index (κ3) is 3.18. The maximum atomic E-state index is 11.4. The molecule has 1 fully saturated rings. The molecule has 1 N–H and O–H groups in total. The van der Waals surface area contributed by atoms with E-state index in [1.807, 2.05) is 13.1 Å². The monoisotopic (exact) mass is 265 g/mol. The summed E-state index contributed by atoms with van der Waals surface area (Å²) >= 11 is 0. The van der Waals surface area contributed by atoms with Crippen molar-refractivity contribution in [1.82, 2.24) is 5.32 Å². The Bertz CT molecular complexity index is 419. The van der Waals surface area contributed by atoms with Crippen LogP contribution in [0.15, 0.2) is 16.5 Å². The van der Waals surface area contributed by atoms with Gasteiger partial charge < -0.3 is 14.5 Å². The number of methoxy groups -OCH3 is 1. The van der Waals surface area contributed by atoms with Gasteiger partial charge in [0.05, 0.1) is 13.2 Å². The van der Waals surface area contributed by atoms with Gasteiger partial charge in [0, 0.05) is 0 Å². The van der Waals surface area contributed by atoms with Crippen molar-refractivity contribution in [2.75, 3.05) is 14.2 Å². The van der Waals surface area contributed by atoms with Crippen LogP contribution < -0.4 is 5.32 Å². The largest absolute Gasteiger partial charge is 0.463 e. The number of ether oxygens (including phenoxy) is 1. The lowest BCUT2D eigenvalue weighted by atomic mass is 9.78. The molecule has 0 aliphatic heterocycles. The van der Waals surface area contributed by atoms with Crippen LogP contribution in [0.3, 0.4) is 0 Å².